The lowest BCUT2D eigenvalue weighted by molar-refractivity contribution is 0.0955. The average molecular weight is 480 g/mol. The van der Waals surface area contributed by atoms with Crippen LogP contribution in [-0.2, 0) is 0 Å². The molecule has 0 bridgehead atoms. The second kappa shape index (κ2) is 10.6. The van der Waals surface area contributed by atoms with E-state index in [9.17, 15) is 4.79 Å². The first-order valence-corrected chi connectivity index (χ1v) is 9.34. The van der Waals surface area contributed by atoms with E-state index in [1.54, 1.807) is 49.7 Å². The van der Waals surface area contributed by atoms with Gasteiger partial charge < -0.3 is 14.2 Å². The number of nitrogens with zero attached hydrogens (tertiary/aromatic N) is 1. The zero-order valence-electron chi connectivity index (χ0n) is 15.2. The topological polar surface area (TPSA) is 69.2 Å². The standard InChI is InChI=1S/C20H21IN2O4/c1-4-10-27-19-17(21)11-14(12-18(19)25-3)13-22-23-20(24)15-6-8-16(9-7-15)26-5-2/h4,6-9,11-13H,1,5,10H2,2-3H3,(H,23,24)/b22-13+. The second-order valence-electron chi connectivity index (χ2n) is 5.29. The fourth-order valence-electron chi connectivity index (χ4n) is 2.20. The fourth-order valence-corrected chi connectivity index (χ4v) is 2.98. The zero-order valence-corrected chi connectivity index (χ0v) is 17.4. The van der Waals surface area contributed by atoms with Gasteiger partial charge >= 0.3 is 0 Å². The van der Waals surface area contributed by atoms with Gasteiger partial charge in [0.15, 0.2) is 11.5 Å². The molecule has 142 valence electrons. The molecule has 0 saturated carbocycles. The lowest BCUT2D eigenvalue weighted by Crippen LogP contribution is -2.17. The summed E-state index contributed by atoms with van der Waals surface area (Å²) in [7, 11) is 1.57. The van der Waals surface area contributed by atoms with Crippen molar-refractivity contribution < 1.29 is 19.0 Å². The molecule has 0 aromatic heterocycles. The van der Waals surface area contributed by atoms with E-state index in [-0.39, 0.29) is 5.91 Å². The summed E-state index contributed by atoms with van der Waals surface area (Å²) in [5, 5.41) is 4.01. The van der Waals surface area contributed by atoms with Crippen LogP contribution < -0.4 is 19.6 Å². The highest BCUT2D eigenvalue weighted by Gasteiger charge is 2.11. The average Bonchev–Trinajstić information content (AvgIpc) is 2.67. The SMILES string of the molecule is C=CCOc1c(I)cc(/C=N/NC(=O)c2ccc(OCC)cc2)cc1OC. The molecule has 0 saturated heterocycles. The Balaban J connectivity index is 2.05. The van der Waals surface area contributed by atoms with Crippen LogP contribution in [0.4, 0.5) is 0 Å². The van der Waals surface area contributed by atoms with Crippen molar-refractivity contribution >= 4 is 34.7 Å². The predicted molar refractivity (Wildman–Crippen MR) is 114 cm³/mol. The summed E-state index contributed by atoms with van der Waals surface area (Å²) in [5.41, 5.74) is 3.78. The van der Waals surface area contributed by atoms with E-state index in [0.29, 0.717) is 30.3 Å². The van der Waals surface area contributed by atoms with Gasteiger partial charge in [-0.25, -0.2) is 5.43 Å². The third kappa shape index (κ3) is 5.99. The highest BCUT2D eigenvalue weighted by Crippen LogP contribution is 2.33. The molecule has 27 heavy (non-hydrogen) atoms. The monoisotopic (exact) mass is 480 g/mol. The molecule has 2 aromatic carbocycles. The zero-order chi connectivity index (χ0) is 19.6. The van der Waals surface area contributed by atoms with Crippen molar-refractivity contribution in [3.05, 3.63) is 63.8 Å². The first-order valence-electron chi connectivity index (χ1n) is 8.26. The summed E-state index contributed by atoms with van der Waals surface area (Å²) in [4.78, 5) is 12.1. The largest absolute Gasteiger partial charge is 0.494 e. The minimum Gasteiger partial charge on any atom is -0.494 e. The van der Waals surface area contributed by atoms with Crippen LogP contribution in [0.3, 0.4) is 0 Å². The molecule has 0 aliphatic rings. The second-order valence-corrected chi connectivity index (χ2v) is 6.45. The summed E-state index contributed by atoms with van der Waals surface area (Å²) < 4.78 is 17.2. The molecule has 2 aromatic rings. The van der Waals surface area contributed by atoms with Crippen LogP contribution in [0.15, 0.2) is 54.2 Å². The Morgan fingerprint density at radius 3 is 2.63 bits per heavy atom. The molecular formula is C20H21IN2O4. The smallest absolute Gasteiger partial charge is 0.271 e. The molecule has 0 aliphatic heterocycles. The maximum Gasteiger partial charge on any atom is 0.271 e. The molecule has 0 radical (unpaired) electrons. The van der Waals surface area contributed by atoms with Gasteiger partial charge in [0.25, 0.3) is 5.91 Å². The Morgan fingerprint density at radius 2 is 2.00 bits per heavy atom. The van der Waals surface area contributed by atoms with Crippen molar-refractivity contribution in [1.29, 1.82) is 0 Å². The molecule has 0 atom stereocenters. The minimum atomic E-state index is -0.304. The number of carbonyl (C=O) groups is 1. The van der Waals surface area contributed by atoms with Gasteiger partial charge in [-0.15, -0.1) is 0 Å². The molecule has 2 rings (SSSR count). The van der Waals surface area contributed by atoms with Gasteiger partial charge in [0.1, 0.15) is 12.4 Å². The van der Waals surface area contributed by atoms with Gasteiger partial charge in [-0.05, 0) is 71.5 Å². The third-order valence-electron chi connectivity index (χ3n) is 3.40. The van der Waals surface area contributed by atoms with Crippen LogP contribution in [0.2, 0.25) is 0 Å². The number of hydrazone groups is 1. The first-order chi connectivity index (χ1) is 13.1. The number of carbonyl (C=O) groups excluding carboxylic acids is 1. The molecule has 1 amide bonds. The van der Waals surface area contributed by atoms with E-state index in [1.807, 2.05) is 13.0 Å². The number of halogens is 1. The minimum absolute atomic E-state index is 0.304. The van der Waals surface area contributed by atoms with Gasteiger partial charge in [-0.3, -0.25) is 4.79 Å². The van der Waals surface area contributed by atoms with Crippen LogP contribution in [0.1, 0.15) is 22.8 Å². The molecule has 6 nitrogen and oxygen atoms in total. The Kier molecular flexibility index (Phi) is 8.12. The van der Waals surface area contributed by atoms with Crippen molar-refractivity contribution in [2.45, 2.75) is 6.92 Å². The molecule has 1 N–H and O–H groups in total. The Labute approximate surface area is 172 Å². The predicted octanol–water partition coefficient (Wildman–Crippen LogP) is 4.03. The van der Waals surface area contributed by atoms with Crippen LogP contribution in [-0.4, -0.2) is 32.4 Å². The third-order valence-corrected chi connectivity index (χ3v) is 4.21. The summed E-state index contributed by atoms with van der Waals surface area (Å²) in [6.07, 6.45) is 3.22. The van der Waals surface area contributed by atoms with E-state index in [1.165, 1.54) is 0 Å². The summed E-state index contributed by atoms with van der Waals surface area (Å²) >= 11 is 2.16. The Hall–Kier alpha value is -2.55. The van der Waals surface area contributed by atoms with E-state index in [4.69, 9.17) is 14.2 Å². The normalized spacial score (nSPS) is 10.5. The van der Waals surface area contributed by atoms with Crippen LogP contribution >= 0.6 is 22.6 Å². The van der Waals surface area contributed by atoms with Gasteiger partial charge in [0.05, 0.1) is 23.5 Å². The quantitative estimate of drug-likeness (QED) is 0.255. The molecule has 0 unspecified atom stereocenters. The van der Waals surface area contributed by atoms with E-state index in [2.05, 4.69) is 39.7 Å². The van der Waals surface area contributed by atoms with Gasteiger partial charge in [-0.2, -0.15) is 5.10 Å². The molecule has 7 heteroatoms. The number of methoxy groups -OCH3 is 1. The van der Waals surface area contributed by atoms with Crippen LogP contribution in [0, 0.1) is 3.57 Å². The van der Waals surface area contributed by atoms with E-state index >= 15 is 0 Å². The lowest BCUT2D eigenvalue weighted by Gasteiger charge is -2.12. The maximum atomic E-state index is 12.1. The maximum absolute atomic E-state index is 12.1. The highest BCUT2D eigenvalue weighted by molar-refractivity contribution is 14.1. The summed E-state index contributed by atoms with van der Waals surface area (Å²) in [6, 6.07) is 10.5. The molecule has 0 fully saturated rings. The van der Waals surface area contributed by atoms with E-state index < -0.39 is 0 Å². The molecular weight excluding hydrogens is 459 g/mol. The fraction of sp³-hybridized carbons (Fsp3) is 0.200. The number of rotatable bonds is 9. The molecule has 0 heterocycles. The Morgan fingerprint density at radius 1 is 1.26 bits per heavy atom. The van der Waals surface area contributed by atoms with Gasteiger partial charge in [0.2, 0.25) is 0 Å². The van der Waals surface area contributed by atoms with E-state index in [0.717, 1.165) is 14.9 Å². The van der Waals surface area contributed by atoms with Gasteiger partial charge in [-0.1, -0.05) is 12.7 Å². The summed E-state index contributed by atoms with van der Waals surface area (Å²) in [6.45, 7) is 6.51. The molecule has 0 spiro atoms. The van der Waals surface area contributed by atoms with Crippen molar-refractivity contribution in [3.63, 3.8) is 0 Å². The van der Waals surface area contributed by atoms with Crippen molar-refractivity contribution in [1.82, 2.24) is 5.43 Å². The van der Waals surface area contributed by atoms with Crippen molar-refractivity contribution in [2.75, 3.05) is 20.3 Å². The van der Waals surface area contributed by atoms with Crippen molar-refractivity contribution in [2.24, 2.45) is 5.10 Å². The summed E-state index contributed by atoms with van der Waals surface area (Å²) in [5.74, 6) is 1.65. The lowest BCUT2D eigenvalue weighted by atomic mass is 10.2. The highest BCUT2D eigenvalue weighted by atomic mass is 127. The van der Waals surface area contributed by atoms with Crippen molar-refractivity contribution in [3.8, 4) is 17.2 Å². The number of ether oxygens (including phenoxy) is 3. The molecule has 0 aliphatic carbocycles. The van der Waals surface area contributed by atoms with Gasteiger partial charge in [0, 0.05) is 5.56 Å². The Bertz CT molecular complexity index is 819. The number of amides is 1. The number of hydrogen-bond donors (Lipinski definition) is 1. The number of hydrogen-bond acceptors (Lipinski definition) is 5. The van der Waals surface area contributed by atoms with Crippen LogP contribution in [0.25, 0.3) is 0 Å². The van der Waals surface area contributed by atoms with Crippen LogP contribution in [0.5, 0.6) is 17.2 Å². The first kappa shape index (κ1) is 20.8. The number of nitrogens with one attached hydrogen (secondary N) is 1. The number of benzene rings is 2.